The van der Waals surface area contributed by atoms with E-state index in [2.05, 4.69) is 25.8 Å². The predicted octanol–water partition coefficient (Wildman–Crippen LogP) is 4.44. The van der Waals surface area contributed by atoms with Crippen molar-refractivity contribution in [1.29, 1.82) is 0 Å². The van der Waals surface area contributed by atoms with Gasteiger partial charge in [-0.2, -0.15) is 13.2 Å². The third-order valence-electron chi connectivity index (χ3n) is 3.31. The van der Waals surface area contributed by atoms with E-state index in [4.69, 9.17) is 16.1 Å². The number of rotatable bonds is 4. The molecule has 3 rings (SSSR count). The number of nitrogens with one attached hydrogen (secondary N) is 2. The molecule has 7 nitrogen and oxygen atoms in total. The van der Waals surface area contributed by atoms with E-state index in [9.17, 15) is 18.0 Å². The van der Waals surface area contributed by atoms with Crippen LogP contribution in [0.3, 0.4) is 0 Å². The van der Waals surface area contributed by atoms with Crippen molar-refractivity contribution in [3.63, 3.8) is 0 Å². The Bertz CT molecular complexity index is 973. The van der Waals surface area contributed by atoms with Gasteiger partial charge in [0.05, 0.1) is 28.7 Å². The van der Waals surface area contributed by atoms with Gasteiger partial charge in [0.1, 0.15) is 17.3 Å². The molecule has 0 bridgehead atoms. The summed E-state index contributed by atoms with van der Waals surface area (Å²) >= 11 is 5.85. The first-order valence-corrected chi connectivity index (χ1v) is 7.80. The van der Waals surface area contributed by atoms with Crippen molar-refractivity contribution in [2.45, 2.75) is 13.1 Å². The topological polar surface area (TPSA) is 92.9 Å². The number of anilines is 3. The first kappa shape index (κ1) is 18.6. The third kappa shape index (κ3) is 4.53. The summed E-state index contributed by atoms with van der Waals surface area (Å²) < 4.78 is 43.3. The highest BCUT2D eigenvalue weighted by molar-refractivity contribution is 6.33. The monoisotopic (exact) mass is 397 g/mol. The molecule has 1 aromatic carbocycles. The van der Waals surface area contributed by atoms with E-state index < -0.39 is 17.6 Å². The van der Waals surface area contributed by atoms with Crippen molar-refractivity contribution in [2.24, 2.45) is 0 Å². The van der Waals surface area contributed by atoms with Crippen LogP contribution in [0.25, 0.3) is 0 Å². The highest BCUT2D eigenvalue weighted by atomic mass is 35.5. The minimum absolute atomic E-state index is 0.0380. The van der Waals surface area contributed by atoms with Crippen molar-refractivity contribution >= 4 is 34.8 Å². The van der Waals surface area contributed by atoms with Crippen LogP contribution in [0.5, 0.6) is 0 Å². The summed E-state index contributed by atoms with van der Waals surface area (Å²) in [5, 5.41) is 8.79. The Hall–Kier alpha value is -3.14. The molecule has 2 aromatic heterocycles. The van der Waals surface area contributed by atoms with E-state index in [-0.39, 0.29) is 16.4 Å². The molecule has 2 heterocycles. The van der Waals surface area contributed by atoms with Crippen molar-refractivity contribution in [3.05, 3.63) is 58.7 Å². The lowest BCUT2D eigenvalue weighted by atomic mass is 10.2. The number of halogens is 4. The molecule has 0 spiro atoms. The molecule has 2 N–H and O–H groups in total. The predicted molar refractivity (Wildman–Crippen MR) is 91.0 cm³/mol. The van der Waals surface area contributed by atoms with Gasteiger partial charge in [-0.1, -0.05) is 16.8 Å². The van der Waals surface area contributed by atoms with Crippen LogP contribution in [0.2, 0.25) is 5.02 Å². The average molecular weight is 398 g/mol. The fourth-order valence-corrected chi connectivity index (χ4v) is 2.21. The molecule has 0 saturated heterocycles. The zero-order valence-corrected chi connectivity index (χ0v) is 14.4. The number of benzene rings is 1. The summed E-state index contributed by atoms with van der Waals surface area (Å²) in [5.41, 5.74) is -1.22. The molecule has 0 radical (unpaired) electrons. The van der Waals surface area contributed by atoms with Gasteiger partial charge >= 0.3 is 6.18 Å². The van der Waals surface area contributed by atoms with Gasteiger partial charge in [0.2, 0.25) is 0 Å². The molecule has 27 heavy (non-hydrogen) atoms. The van der Waals surface area contributed by atoms with E-state index in [1.54, 1.807) is 13.0 Å². The molecule has 11 heteroatoms. The van der Waals surface area contributed by atoms with Crippen LogP contribution < -0.4 is 10.6 Å². The molecule has 0 unspecified atom stereocenters. The molecular formula is C16H11ClF3N5O2. The highest BCUT2D eigenvalue weighted by Gasteiger charge is 2.31. The van der Waals surface area contributed by atoms with E-state index in [0.717, 1.165) is 24.4 Å². The van der Waals surface area contributed by atoms with Crippen LogP contribution in [-0.2, 0) is 6.18 Å². The maximum Gasteiger partial charge on any atom is 0.416 e. The molecule has 140 valence electrons. The van der Waals surface area contributed by atoms with Gasteiger partial charge in [0, 0.05) is 6.07 Å². The molecule has 0 fully saturated rings. The first-order valence-electron chi connectivity index (χ1n) is 7.43. The van der Waals surface area contributed by atoms with E-state index >= 15 is 0 Å². The molecule has 0 aliphatic rings. The molecule has 0 saturated carbocycles. The molecule has 0 aliphatic heterocycles. The van der Waals surface area contributed by atoms with Crippen molar-refractivity contribution in [3.8, 4) is 0 Å². The minimum Gasteiger partial charge on any atom is -0.360 e. The van der Waals surface area contributed by atoms with Crippen LogP contribution >= 0.6 is 11.6 Å². The van der Waals surface area contributed by atoms with Crippen LogP contribution in [0.4, 0.5) is 30.5 Å². The second-order valence-electron chi connectivity index (χ2n) is 5.38. The summed E-state index contributed by atoms with van der Waals surface area (Å²) in [6.07, 6.45) is -2.13. The Morgan fingerprint density at radius 1 is 1.15 bits per heavy atom. The Morgan fingerprint density at radius 2 is 1.93 bits per heavy atom. The fraction of sp³-hybridized carbons (Fsp3) is 0.125. The van der Waals surface area contributed by atoms with E-state index in [1.165, 1.54) is 6.20 Å². The highest BCUT2D eigenvalue weighted by Crippen LogP contribution is 2.33. The fourth-order valence-electron chi connectivity index (χ4n) is 2.05. The lowest BCUT2D eigenvalue weighted by Crippen LogP contribution is -2.15. The van der Waals surface area contributed by atoms with Crippen molar-refractivity contribution in [1.82, 2.24) is 15.1 Å². The first-order chi connectivity index (χ1) is 12.7. The standard InChI is InChI=1S/C16H11ClF3N5O2/c1-8-4-13(25-27-8)24-14-7-21-12(6-22-14)15(26)23-11-5-9(16(18,19)20)2-3-10(11)17/h2-7H,1H3,(H,23,26)(H,22,24,25). The number of alkyl halides is 3. The van der Waals surface area contributed by atoms with Crippen molar-refractivity contribution < 1.29 is 22.5 Å². The second kappa shape index (κ2) is 7.23. The van der Waals surface area contributed by atoms with Gasteiger partial charge < -0.3 is 15.2 Å². The van der Waals surface area contributed by atoms with Crippen LogP contribution in [-0.4, -0.2) is 21.0 Å². The number of hydrogen-bond acceptors (Lipinski definition) is 6. The summed E-state index contributed by atoms with van der Waals surface area (Å²) in [4.78, 5) is 20.1. The zero-order chi connectivity index (χ0) is 19.6. The number of amides is 1. The van der Waals surface area contributed by atoms with Crippen molar-refractivity contribution in [2.75, 3.05) is 10.6 Å². The van der Waals surface area contributed by atoms with E-state index in [0.29, 0.717) is 17.4 Å². The Labute approximate surface area is 155 Å². The lowest BCUT2D eigenvalue weighted by Gasteiger charge is -2.11. The van der Waals surface area contributed by atoms with Gasteiger partial charge in [-0.25, -0.2) is 9.97 Å². The van der Waals surface area contributed by atoms with Gasteiger partial charge in [-0.15, -0.1) is 0 Å². The Morgan fingerprint density at radius 3 is 2.52 bits per heavy atom. The quantitative estimate of drug-likeness (QED) is 0.676. The molecule has 3 aromatic rings. The van der Waals surface area contributed by atoms with Crippen LogP contribution in [0, 0.1) is 6.92 Å². The third-order valence-corrected chi connectivity index (χ3v) is 3.64. The number of aromatic nitrogens is 3. The molecular weight excluding hydrogens is 387 g/mol. The number of carbonyl (C=O) groups is 1. The van der Waals surface area contributed by atoms with Gasteiger partial charge in [0.25, 0.3) is 5.91 Å². The molecule has 0 aliphatic carbocycles. The van der Waals surface area contributed by atoms with Gasteiger partial charge in [0.15, 0.2) is 5.82 Å². The minimum atomic E-state index is -4.56. The Kier molecular flexibility index (Phi) is 5.00. The maximum atomic E-state index is 12.8. The second-order valence-corrected chi connectivity index (χ2v) is 5.79. The smallest absolute Gasteiger partial charge is 0.360 e. The largest absolute Gasteiger partial charge is 0.416 e. The zero-order valence-electron chi connectivity index (χ0n) is 13.6. The summed E-state index contributed by atoms with van der Waals surface area (Å²) in [5.74, 6) is 0.554. The summed E-state index contributed by atoms with van der Waals surface area (Å²) in [6.45, 7) is 1.72. The summed E-state index contributed by atoms with van der Waals surface area (Å²) in [7, 11) is 0. The van der Waals surface area contributed by atoms with Crippen LogP contribution in [0.15, 0.2) is 41.2 Å². The summed E-state index contributed by atoms with van der Waals surface area (Å²) in [6, 6.07) is 4.26. The average Bonchev–Trinajstić information content (AvgIpc) is 3.01. The lowest BCUT2D eigenvalue weighted by molar-refractivity contribution is -0.137. The Balaban J connectivity index is 1.73. The van der Waals surface area contributed by atoms with Gasteiger partial charge in [-0.05, 0) is 25.1 Å². The number of hydrogen-bond donors (Lipinski definition) is 2. The normalized spacial score (nSPS) is 11.3. The SMILES string of the molecule is Cc1cc(Nc2cnc(C(=O)Nc3cc(C(F)(F)F)ccc3Cl)cn2)no1. The molecule has 1 amide bonds. The number of nitrogens with zero attached hydrogens (tertiary/aromatic N) is 3. The van der Waals surface area contributed by atoms with Gasteiger partial charge in [-0.3, -0.25) is 4.79 Å². The number of aryl methyl sites for hydroxylation is 1. The van der Waals surface area contributed by atoms with Crippen LogP contribution in [0.1, 0.15) is 21.8 Å². The maximum absolute atomic E-state index is 12.8. The number of carbonyl (C=O) groups excluding carboxylic acids is 1. The van der Waals surface area contributed by atoms with E-state index in [1.807, 2.05) is 0 Å². The molecule has 0 atom stereocenters.